The third kappa shape index (κ3) is 33.3. The minimum atomic E-state index is -1.02. The maximum Gasteiger partial charge on any atom is 0.326 e. The molecule has 0 heterocycles. The highest BCUT2D eigenvalue weighted by Crippen LogP contribution is 2.17. The summed E-state index contributed by atoms with van der Waals surface area (Å²) < 4.78 is 5.84. The summed E-state index contributed by atoms with van der Waals surface area (Å²) in [5.41, 5.74) is 5.46. The van der Waals surface area contributed by atoms with E-state index in [9.17, 15) is 19.5 Å². The Morgan fingerprint density at radius 2 is 1.12 bits per heavy atom. The number of nitrogens with one attached hydrogen (secondary N) is 1. The van der Waals surface area contributed by atoms with Gasteiger partial charge in [0.05, 0.1) is 0 Å². The van der Waals surface area contributed by atoms with Crippen molar-refractivity contribution in [2.45, 2.75) is 180 Å². The average molecular weight is 685 g/mol. The minimum absolute atomic E-state index is 0.0584. The van der Waals surface area contributed by atoms with Crippen molar-refractivity contribution < 1.29 is 24.2 Å². The van der Waals surface area contributed by atoms with Gasteiger partial charge in [-0.25, -0.2) is 4.79 Å². The van der Waals surface area contributed by atoms with Gasteiger partial charge in [0, 0.05) is 12.8 Å². The van der Waals surface area contributed by atoms with Gasteiger partial charge in [-0.2, -0.15) is 0 Å². The fraction of sp³-hybridized carbons (Fsp3) is 0.690. The Labute approximate surface area is 300 Å². The number of ether oxygens (including phenoxy) is 1. The molecule has 1 amide bonds. The van der Waals surface area contributed by atoms with Crippen molar-refractivity contribution in [3.05, 3.63) is 60.8 Å². The molecule has 0 aliphatic heterocycles. The van der Waals surface area contributed by atoms with Crippen molar-refractivity contribution in [1.29, 1.82) is 0 Å². The van der Waals surface area contributed by atoms with E-state index in [1.54, 1.807) is 0 Å². The number of rotatable bonds is 34. The number of hydrogen-bond acceptors (Lipinski definition) is 5. The Morgan fingerprint density at radius 3 is 1.69 bits per heavy atom. The smallest absolute Gasteiger partial charge is 0.326 e. The molecule has 7 nitrogen and oxygen atoms in total. The van der Waals surface area contributed by atoms with Crippen LogP contribution < -0.4 is 11.1 Å². The van der Waals surface area contributed by atoms with Gasteiger partial charge in [-0.05, 0) is 96.4 Å². The third-order valence-corrected chi connectivity index (χ3v) is 8.35. The number of hydrogen-bond donors (Lipinski definition) is 3. The van der Waals surface area contributed by atoms with Crippen molar-refractivity contribution in [2.24, 2.45) is 5.73 Å². The quantitative estimate of drug-likeness (QED) is 0.0353. The predicted molar refractivity (Wildman–Crippen MR) is 206 cm³/mol. The lowest BCUT2D eigenvalue weighted by molar-refractivity contribution is -0.150. The Bertz CT molecular complexity index is 953. The predicted octanol–water partition coefficient (Wildman–Crippen LogP) is 10.6. The fourth-order valence-corrected chi connectivity index (χ4v) is 5.40. The molecule has 2 atom stereocenters. The number of aliphatic carboxylic acids is 1. The number of carbonyl (C=O) groups excluding carboxylic acids is 2. The Morgan fingerprint density at radius 1 is 0.612 bits per heavy atom. The van der Waals surface area contributed by atoms with Gasteiger partial charge in [-0.1, -0.05) is 126 Å². The molecule has 0 saturated heterocycles. The van der Waals surface area contributed by atoms with Gasteiger partial charge in [0.25, 0.3) is 0 Å². The number of carbonyl (C=O) groups is 3. The van der Waals surface area contributed by atoms with Crippen LogP contribution in [0.5, 0.6) is 0 Å². The molecule has 2 unspecified atom stereocenters. The topological polar surface area (TPSA) is 119 Å². The van der Waals surface area contributed by atoms with Crippen LogP contribution in [0.1, 0.15) is 168 Å². The Balaban J connectivity index is 3.86. The van der Waals surface area contributed by atoms with Crippen LogP contribution in [-0.2, 0) is 19.1 Å². The molecular weight excluding hydrogens is 612 g/mol. The molecule has 0 saturated carbocycles. The standard InChI is InChI=1S/C42H72N2O5/c1-3-5-7-8-9-10-11-12-13-14-15-16-17-18-19-20-21-22-23-24-25-26-30-36-41(46)49-38(32-6-4-2)33-28-27-29-35-40(45)44-39(42(47)48)34-31-37-43/h5,7,9-10,12-13,15-16,18-19,38-39H,3-4,6,8,11,14,17,20-37,43H2,1-2H3,(H,44,45)(H,47,48)/b7-5-,10-9-,13-12-,16-15-,19-18-. The van der Waals surface area contributed by atoms with Crippen molar-refractivity contribution >= 4 is 17.8 Å². The molecule has 0 spiro atoms. The van der Waals surface area contributed by atoms with Crippen molar-refractivity contribution in [3.63, 3.8) is 0 Å². The molecule has 7 heteroatoms. The summed E-state index contributed by atoms with van der Waals surface area (Å²) in [7, 11) is 0. The molecule has 0 aromatic heterocycles. The SMILES string of the molecule is CC/C=C\C/C=C\C/C=C\C/C=C\C/C=C\CCCCCCCCCC(=O)OC(CCCC)CCCCCC(=O)NC(CCCN)C(=O)O. The van der Waals surface area contributed by atoms with Gasteiger partial charge in [0.1, 0.15) is 12.1 Å². The van der Waals surface area contributed by atoms with Crippen LogP contribution >= 0.6 is 0 Å². The van der Waals surface area contributed by atoms with E-state index in [0.29, 0.717) is 38.6 Å². The summed E-state index contributed by atoms with van der Waals surface area (Å²) >= 11 is 0. The van der Waals surface area contributed by atoms with E-state index in [1.165, 1.54) is 32.1 Å². The second-order valence-corrected chi connectivity index (χ2v) is 13.0. The van der Waals surface area contributed by atoms with Crippen molar-refractivity contribution in [3.8, 4) is 0 Å². The van der Waals surface area contributed by atoms with E-state index in [-0.39, 0.29) is 18.0 Å². The summed E-state index contributed by atoms with van der Waals surface area (Å²) in [5.74, 6) is -1.35. The van der Waals surface area contributed by atoms with Crippen molar-refractivity contribution in [1.82, 2.24) is 5.32 Å². The first-order chi connectivity index (χ1) is 23.9. The molecule has 0 aromatic rings. The zero-order chi connectivity index (χ0) is 36.0. The Kier molecular flexibility index (Phi) is 34.2. The second kappa shape index (κ2) is 36.4. The fourth-order valence-electron chi connectivity index (χ4n) is 5.40. The molecule has 49 heavy (non-hydrogen) atoms. The lowest BCUT2D eigenvalue weighted by Crippen LogP contribution is -2.40. The first-order valence-electron chi connectivity index (χ1n) is 19.6. The molecular formula is C42H72N2O5. The van der Waals surface area contributed by atoms with Crippen LogP contribution in [0.4, 0.5) is 0 Å². The van der Waals surface area contributed by atoms with Gasteiger partial charge in [-0.15, -0.1) is 0 Å². The number of esters is 1. The zero-order valence-corrected chi connectivity index (χ0v) is 31.3. The van der Waals surface area contributed by atoms with E-state index < -0.39 is 12.0 Å². The highest BCUT2D eigenvalue weighted by atomic mass is 16.5. The van der Waals surface area contributed by atoms with E-state index in [0.717, 1.165) is 89.9 Å². The van der Waals surface area contributed by atoms with Gasteiger partial charge >= 0.3 is 11.9 Å². The van der Waals surface area contributed by atoms with Gasteiger partial charge in [0.15, 0.2) is 0 Å². The average Bonchev–Trinajstić information content (AvgIpc) is 3.08. The summed E-state index contributed by atoms with van der Waals surface area (Å²) in [6.07, 6.45) is 44.6. The first kappa shape index (κ1) is 46.1. The number of carboxylic acid groups (broad SMARTS) is 1. The summed E-state index contributed by atoms with van der Waals surface area (Å²) in [4.78, 5) is 35.9. The number of unbranched alkanes of at least 4 members (excludes halogenated alkanes) is 10. The molecule has 0 bridgehead atoms. The second-order valence-electron chi connectivity index (χ2n) is 13.0. The van der Waals surface area contributed by atoms with Crippen molar-refractivity contribution in [2.75, 3.05) is 6.54 Å². The highest BCUT2D eigenvalue weighted by molar-refractivity contribution is 5.83. The summed E-state index contributed by atoms with van der Waals surface area (Å²) in [6, 6.07) is -0.875. The zero-order valence-electron chi connectivity index (χ0n) is 31.3. The Hall–Kier alpha value is -2.93. The van der Waals surface area contributed by atoms with Crippen LogP contribution in [-0.4, -0.2) is 41.6 Å². The summed E-state index contributed by atoms with van der Waals surface area (Å²) in [6.45, 7) is 4.70. The summed E-state index contributed by atoms with van der Waals surface area (Å²) in [5, 5.41) is 11.9. The van der Waals surface area contributed by atoms with Crippen LogP contribution in [0, 0.1) is 0 Å². The number of allylic oxidation sites excluding steroid dienone is 10. The largest absolute Gasteiger partial charge is 0.480 e. The van der Waals surface area contributed by atoms with Gasteiger partial charge < -0.3 is 20.9 Å². The molecule has 0 aliphatic rings. The first-order valence-corrected chi connectivity index (χ1v) is 19.6. The van der Waals surface area contributed by atoms with Gasteiger partial charge in [-0.3, -0.25) is 9.59 Å². The lowest BCUT2D eigenvalue weighted by atomic mass is 10.0. The minimum Gasteiger partial charge on any atom is -0.480 e. The molecule has 0 aliphatic carbocycles. The lowest BCUT2D eigenvalue weighted by Gasteiger charge is -2.18. The van der Waals surface area contributed by atoms with Gasteiger partial charge in [0.2, 0.25) is 5.91 Å². The number of carboxylic acids is 1. The van der Waals surface area contributed by atoms with E-state index in [2.05, 4.69) is 79.9 Å². The molecule has 0 aromatic carbocycles. The maximum atomic E-state index is 12.5. The van der Waals surface area contributed by atoms with E-state index >= 15 is 0 Å². The molecule has 0 radical (unpaired) electrons. The molecule has 0 rings (SSSR count). The van der Waals surface area contributed by atoms with Crippen LogP contribution in [0.2, 0.25) is 0 Å². The highest BCUT2D eigenvalue weighted by Gasteiger charge is 2.19. The molecule has 0 fully saturated rings. The maximum absolute atomic E-state index is 12.5. The van der Waals surface area contributed by atoms with E-state index in [1.807, 2.05) is 0 Å². The molecule has 4 N–H and O–H groups in total. The number of amides is 1. The normalized spacial score (nSPS) is 13.4. The number of nitrogens with two attached hydrogens (primary N) is 1. The molecule has 280 valence electrons. The van der Waals surface area contributed by atoms with E-state index in [4.69, 9.17) is 10.5 Å². The monoisotopic (exact) mass is 685 g/mol. The van der Waals surface area contributed by atoms with Crippen LogP contribution in [0.3, 0.4) is 0 Å². The van der Waals surface area contributed by atoms with Crippen LogP contribution in [0.15, 0.2) is 60.8 Å². The third-order valence-electron chi connectivity index (χ3n) is 8.35. The van der Waals surface area contributed by atoms with Crippen LogP contribution in [0.25, 0.3) is 0 Å².